The van der Waals surface area contributed by atoms with Gasteiger partial charge in [-0.25, -0.2) is 0 Å². The highest BCUT2D eigenvalue weighted by Crippen LogP contribution is 2.43. The second-order valence-corrected chi connectivity index (χ2v) is 10.1. The van der Waals surface area contributed by atoms with Crippen LogP contribution in [0.15, 0.2) is 109 Å². The lowest BCUT2D eigenvalue weighted by molar-refractivity contribution is 0.275. The molecule has 40 heavy (non-hydrogen) atoms. The Labute approximate surface area is 235 Å². The molecule has 1 aliphatic carbocycles. The highest BCUT2D eigenvalue weighted by Gasteiger charge is 2.24. The van der Waals surface area contributed by atoms with Crippen LogP contribution in [0, 0.1) is 0 Å². The molecule has 1 aliphatic rings. The van der Waals surface area contributed by atoms with Crippen LogP contribution in [-0.2, 0) is 6.42 Å². The van der Waals surface area contributed by atoms with Crippen LogP contribution in [0.1, 0.15) is 29.9 Å². The molecule has 0 fully saturated rings. The van der Waals surface area contributed by atoms with Crippen molar-refractivity contribution < 1.29 is 14.2 Å². The first-order valence-electron chi connectivity index (χ1n) is 13.8. The van der Waals surface area contributed by atoms with Gasteiger partial charge in [-0.05, 0) is 87.7 Å². The van der Waals surface area contributed by atoms with Gasteiger partial charge in [0.2, 0.25) is 0 Å². The Kier molecular flexibility index (Phi) is 7.49. The third kappa shape index (κ3) is 5.05. The Morgan fingerprint density at radius 3 is 2.33 bits per heavy atom. The Hall–Kier alpha value is -4.57. The average molecular weight is 528 g/mol. The van der Waals surface area contributed by atoms with Gasteiger partial charge in [0, 0.05) is 18.3 Å². The first-order chi connectivity index (χ1) is 19.8. The molecule has 0 radical (unpaired) electrons. The van der Waals surface area contributed by atoms with Crippen LogP contribution in [0.3, 0.4) is 0 Å². The summed E-state index contributed by atoms with van der Waals surface area (Å²) >= 11 is 0. The molecule has 6 aromatic rings. The second-order valence-electron chi connectivity index (χ2n) is 10.1. The number of methoxy groups -OCH3 is 2. The van der Waals surface area contributed by atoms with Crippen LogP contribution in [0.5, 0.6) is 17.2 Å². The monoisotopic (exact) mass is 527 g/mol. The van der Waals surface area contributed by atoms with Gasteiger partial charge in [-0.1, -0.05) is 66.7 Å². The van der Waals surface area contributed by atoms with Crippen molar-refractivity contribution in [3.8, 4) is 17.2 Å². The number of hydrogen-bond acceptors (Lipinski definition) is 4. The van der Waals surface area contributed by atoms with E-state index in [-0.39, 0.29) is 0 Å². The maximum atomic E-state index is 6.12. The van der Waals surface area contributed by atoms with Gasteiger partial charge in [-0.3, -0.25) is 4.98 Å². The van der Waals surface area contributed by atoms with Crippen molar-refractivity contribution >= 4 is 32.3 Å². The zero-order valence-electron chi connectivity index (χ0n) is 23.0. The summed E-state index contributed by atoms with van der Waals surface area (Å²) in [5.41, 5.74) is 2.84. The van der Waals surface area contributed by atoms with Crippen LogP contribution < -0.4 is 14.2 Å². The maximum Gasteiger partial charge on any atom is 0.131 e. The molecule has 0 saturated heterocycles. The number of nitrogens with zero attached hydrogens (tertiary/aromatic N) is 1. The van der Waals surface area contributed by atoms with E-state index in [2.05, 4.69) is 47.4 Å². The van der Waals surface area contributed by atoms with Gasteiger partial charge in [0.1, 0.15) is 17.2 Å². The molecular formula is C36H33NO3. The molecule has 1 heterocycles. The molecule has 5 aromatic carbocycles. The molecule has 0 spiro atoms. The molecule has 4 nitrogen and oxygen atoms in total. The maximum absolute atomic E-state index is 6.12. The van der Waals surface area contributed by atoms with Crippen LogP contribution >= 0.6 is 0 Å². The third-order valence-electron chi connectivity index (χ3n) is 7.83. The number of hydrogen-bond donors (Lipinski definition) is 0. The fourth-order valence-corrected chi connectivity index (χ4v) is 5.88. The van der Waals surface area contributed by atoms with Crippen molar-refractivity contribution in [2.24, 2.45) is 0 Å². The third-order valence-corrected chi connectivity index (χ3v) is 7.83. The summed E-state index contributed by atoms with van der Waals surface area (Å²) in [6.07, 6.45) is 7.10. The van der Waals surface area contributed by atoms with E-state index in [1.807, 2.05) is 67.0 Å². The molecule has 0 bridgehead atoms. The fraction of sp³-hybridized carbons (Fsp3) is 0.194. The van der Waals surface area contributed by atoms with Crippen molar-refractivity contribution in [3.05, 3.63) is 121 Å². The first-order valence-corrected chi connectivity index (χ1v) is 13.8. The van der Waals surface area contributed by atoms with E-state index in [1.165, 1.54) is 44.5 Å². The summed E-state index contributed by atoms with van der Waals surface area (Å²) < 4.78 is 17.5. The number of ether oxygens (including phenoxy) is 3. The quantitative estimate of drug-likeness (QED) is 0.210. The van der Waals surface area contributed by atoms with Gasteiger partial charge in [-0.2, -0.15) is 0 Å². The highest BCUT2D eigenvalue weighted by atomic mass is 16.5. The van der Waals surface area contributed by atoms with Crippen molar-refractivity contribution in [3.63, 3.8) is 0 Å². The van der Waals surface area contributed by atoms with Crippen molar-refractivity contribution in [2.45, 2.75) is 25.2 Å². The van der Waals surface area contributed by atoms with E-state index in [9.17, 15) is 0 Å². The molecular weight excluding hydrogens is 494 g/mol. The first kappa shape index (κ1) is 25.7. The minimum Gasteiger partial charge on any atom is -0.496 e. The minimum atomic E-state index is 0.408. The lowest BCUT2D eigenvalue weighted by Gasteiger charge is -2.27. The summed E-state index contributed by atoms with van der Waals surface area (Å²) in [5, 5.41) is 7.20. The summed E-state index contributed by atoms with van der Waals surface area (Å²) in [6, 6.07) is 33.3. The van der Waals surface area contributed by atoms with E-state index >= 15 is 0 Å². The van der Waals surface area contributed by atoms with Gasteiger partial charge in [0.25, 0.3) is 0 Å². The number of fused-ring (bicyclic) bond motifs is 6. The van der Waals surface area contributed by atoms with Crippen molar-refractivity contribution in [2.75, 3.05) is 20.8 Å². The van der Waals surface area contributed by atoms with E-state index in [0.717, 1.165) is 35.5 Å². The molecule has 4 heteroatoms. The minimum absolute atomic E-state index is 0.408. The summed E-state index contributed by atoms with van der Waals surface area (Å²) in [5.74, 6) is 3.06. The standard InChI is InChI=1S/C27H26O3.C9H7N/c1-28-25-13-7-12-23-22-15-14-20-18(17-30-19-9-4-3-5-10-19)8-6-11-21(20)24(22)16-26(29-2)27(23)25;1-2-4-9-7-10-6-5-8(9)3-1/h3-5,7,9-10,12-16,18H,6,8,11,17H2,1-2H3;1-7H. The van der Waals surface area contributed by atoms with E-state index < -0.39 is 0 Å². The zero-order chi connectivity index (χ0) is 27.3. The normalized spacial score (nSPS) is 14.3. The Balaban J connectivity index is 0.000000242. The van der Waals surface area contributed by atoms with E-state index in [0.29, 0.717) is 12.5 Å². The van der Waals surface area contributed by atoms with Crippen LogP contribution in [0.2, 0.25) is 0 Å². The van der Waals surface area contributed by atoms with Crippen molar-refractivity contribution in [1.29, 1.82) is 0 Å². The number of benzene rings is 5. The number of aryl methyl sites for hydroxylation is 1. The molecule has 0 amide bonds. The molecule has 0 aliphatic heterocycles. The SMILES string of the molecule is COc1cccc2c1c(OC)cc1c3c(ccc12)C(COc1ccccc1)CCC3.c1ccc2cnccc2c1. The molecule has 7 rings (SSSR count). The summed E-state index contributed by atoms with van der Waals surface area (Å²) in [4.78, 5) is 4.01. The fourth-order valence-electron chi connectivity index (χ4n) is 5.88. The van der Waals surface area contributed by atoms with Gasteiger partial charge in [0.05, 0.1) is 26.2 Å². The van der Waals surface area contributed by atoms with E-state index in [4.69, 9.17) is 14.2 Å². The largest absolute Gasteiger partial charge is 0.496 e. The van der Waals surface area contributed by atoms with Crippen LogP contribution in [-0.4, -0.2) is 25.8 Å². The Morgan fingerprint density at radius 2 is 1.52 bits per heavy atom. The molecule has 0 N–H and O–H groups in total. The van der Waals surface area contributed by atoms with Gasteiger partial charge in [-0.15, -0.1) is 0 Å². The molecule has 1 atom stereocenters. The molecule has 0 saturated carbocycles. The smallest absolute Gasteiger partial charge is 0.131 e. The lowest BCUT2D eigenvalue weighted by Crippen LogP contribution is -2.17. The molecule has 1 aromatic heterocycles. The zero-order valence-corrected chi connectivity index (χ0v) is 23.0. The number of para-hydroxylation sites is 1. The van der Waals surface area contributed by atoms with Gasteiger partial charge in [0.15, 0.2) is 0 Å². The van der Waals surface area contributed by atoms with Gasteiger partial charge < -0.3 is 14.2 Å². The predicted octanol–water partition coefficient (Wildman–Crippen LogP) is 8.74. The predicted molar refractivity (Wildman–Crippen MR) is 164 cm³/mol. The second kappa shape index (κ2) is 11.7. The number of pyridine rings is 1. The van der Waals surface area contributed by atoms with Crippen LogP contribution in [0.25, 0.3) is 32.3 Å². The average Bonchev–Trinajstić information content (AvgIpc) is 3.03. The summed E-state index contributed by atoms with van der Waals surface area (Å²) in [7, 11) is 3.45. The molecule has 1 unspecified atom stereocenters. The summed E-state index contributed by atoms with van der Waals surface area (Å²) in [6.45, 7) is 0.709. The lowest BCUT2D eigenvalue weighted by atomic mass is 9.80. The number of rotatable bonds is 5. The Bertz CT molecular complexity index is 1700. The van der Waals surface area contributed by atoms with Crippen molar-refractivity contribution in [1.82, 2.24) is 4.98 Å². The topological polar surface area (TPSA) is 40.6 Å². The highest BCUT2D eigenvalue weighted by molar-refractivity contribution is 6.13. The van der Waals surface area contributed by atoms with Crippen LogP contribution in [0.4, 0.5) is 0 Å². The van der Waals surface area contributed by atoms with Gasteiger partial charge >= 0.3 is 0 Å². The van der Waals surface area contributed by atoms with E-state index in [1.54, 1.807) is 14.2 Å². The Morgan fingerprint density at radius 1 is 0.725 bits per heavy atom. The number of aromatic nitrogens is 1. The molecule has 200 valence electrons.